The number of anilines is 2. The van der Waals surface area contributed by atoms with Crippen molar-refractivity contribution in [2.75, 3.05) is 43.4 Å². The van der Waals surface area contributed by atoms with Crippen molar-refractivity contribution in [3.8, 4) is 23.2 Å². The van der Waals surface area contributed by atoms with Crippen molar-refractivity contribution in [2.24, 2.45) is 5.92 Å². The molecule has 6 heterocycles. The van der Waals surface area contributed by atoms with Gasteiger partial charge in [0, 0.05) is 52.3 Å². The molecule has 5 fully saturated rings. The molecule has 2 aromatic heterocycles. The third kappa shape index (κ3) is 4.55. The Morgan fingerprint density at radius 2 is 2.13 bits per heavy atom. The number of nitrogens with zero attached hydrogens (tertiary/aromatic N) is 5. The first-order chi connectivity index (χ1) is 22.8. The third-order valence-corrected chi connectivity index (χ3v) is 12.6. The fraction of sp³-hybridized carbons (Fsp3) is 0.457. The molecule has 1 saturated carbocycles. The normalized spacial score (nSPS) is 28.1. The molecule has 1 aliphatic carbocycles. The summed E-state index contributed by atoms with van der Waals surface area (Å²) < 4.78 is 37.9. The Labute approximate surface area is 280 Å². The van der Waals surface area contributed by atoms with Gasteiger partial charge in [-0.15, -0.1) is 11.3 Å². The summed E-state index contributed by atoms with van der Waals surface area (Å²) in [5, 5.41) is 15.5. The summed E-state index contributed by atoms with van der Waals surface area (Å²) in [5.41, 5.74) is 7.74. The van der Waals surface area contributed by atoms with Crippen molar-refractivity contribution >= 4 is 54.7 Å². The van der Waals surface area contributed by atoms with Crippen LogP contribution in [0, 0.1) is 23.1 Å². The summed E-state index contributed by atoms with van der Waals surface area (Å²) in [4.78, 5) is 14.2. The number of thiophene rings is 1. The van der Waals surface area contributed by atoms with Crippen molar-refractivity contribution in [3.63, 3.8) is 0 Å². The Bertz CT molecular complexity index is 2040. The van der Waals surface area contributed by atoms with Gasteiger partial charge in [-0.1, -0.05) is 23.7 Å². The Kier molecular flexibility index (Phi) is 6.75. The minimum absolute atomic E-state index is 0.0218. The maximum absolute atomic E-state index is 17.1. The molecule has 4 aromatic rings. The van der Waals surface area contributed by atoms with Gasteiger partial charge >= 0.3 is 6.01 Å². The van der Waals surface area contributed by atoms with E-state index in [0.717, 1.165) is 61.9 Å². The van der Waals surface area contributed by atoms with Crippen molar-refractivity contribution in [1.82, 2.24) is 20.2 Å². The molecular formula is C35H34ClF2N7OS. The van der Waals surface area contributed by atoms with Gasteiger partial charge in [0.05, 0.1) is 22.5 Å². The summed E-state index contributed by atoms with van der Waals surface area (Å²) in [5.74, 6) is 0.649. The van der Waals surface area contributed by atoms with Crippen LogP contribution in [0.5, 0.6) is 6.01 Å². The number of rotatable bonds is 6. The van der Waals surface area contributed by atoms with Gasteiger partial charge in [0.2, 0.25) is 0 Å². The molecule has 0 spiro atoms. The van der Waals surface area contributed by atoms with E-state index in [0.29, 0.717) is 57.6 Å². The monoisotopic (exact) mass is 673 g/mol. The predicted molar refractivity (Wildman–Crippen MR) is 181 cm³/mol. The van der Waals surface area contributed by atoms with Crippen LogP contribution in [0.25, 0.3) is 32.1 Å². The van der Waals surface area contributed by atoms with Crippen LogP contribution in [-0.2, 0) is 0 Å². The zero-order valence-corrected chi connectivity index (χ0v) is 27.4. The third-order valence-electron chi connectivity index (χ3n) is 11.3. The zero-order chi connectivity index (χ0) is 32.1. The molecule has 12 heteroatoms. The van der Waals surface area contributed by atoms with Crippen LogP contribution in [0.1, 0.15) is 50.5 Å². The second kappa shape index (κ2) is 10.7. The molecule has 2 aromatic carbocycles. The van der Waals surface area contributed by atoms with Gasteiger partial charge in [-0.2, -0.15) is 15.2 Å². The number of hydrogen-bond donors (Lipinski definition) is 2. The van der Waals surface area contributed by atoms with Crippen molar-refractivity contribution in [2.45, 2.75) is 62.1 Å². The molecule has 0 unspecified atom stereocenters. The fourth-order valence-electron chi connectivity index (χ4n) is 9.01. The Morgan fingerprint density at radius 3 is 2.94 bits per heavy atom. The largest absolute Gasteiger partial charge is 0.461 e. The van der Waals surface area contributed by atoms with Crippen LogP contribution < -0.4 is 20.7 Å². The lowest BCUT2D eigenvalue weighted by atomic mass is 9.90. The summed E-state index contributed by atoms with van der Waals surface area (Å²) in [6.45, 7) is 3.27. The van der Waals surface area contributed by atoms with E-state index in [1.54, 1.807) is 12.1 Å². The van der Waals surface area contributed by atoms with Gasteiger partial charge in [-0.3, -0.25) is 4.90 Å². The highest BCUT2D eigenvalue weighted by Crippen LogP contribution is 2.50. The van der Waals surface area contributed by atoms with Gasteiger partial charge in [0.25, 0.3) is 0 Å². The molecule has 4 aliphatic heterocycles. The smallest absolute Gasteiger partial charge is 0.319 e. The minimum atomic E-state index is -0.596. The molecule has 47 heavy (non-hydrogen) atoms. The second-order valence-corrected chi connectivity index (χ2v) is 15.6. The molecule has 2 bridgehead atoms. The van der Waals surface area contributed by atoms with E-state index in [9.17, 15) is 9.65 Å². The molecule has 9 rings (SSSR count). The lowest BCUT2D eigenvalue weighted by molar-refractivity contribution is 0.108. The zero-order valence-electron chi connectivity index (χ0n) is 25.8. The van der Waals surface area contributed by atoms with Crippen LogP contribution in [0.15, 0.2) is 36.2 Å². The van der Waals surface area contributed by atoms with Gasteiger partial charge in [-0.25, -0.2) is 8.78 Å². The lowest BCUT2D eigenvalue weighted by Crippen LogP contribution is -2.61. The summed E-state index contributed by atoms with van der Waals surface area (Å²) in [6.07, 6.45) is 7.85. The SMILES string of the molecule is N#Cc1c(N)sc2cccc(-c3c(Cl)cc4c(N5C[C@@H]6CC[C@](C7CC7)(C5)N6)nc(OC[C@@]56CCCN5C/C(=C\F)C6)nc4c3F)c12. The number of halogens is 3. The van der Waals surface area contributed by atoms with E-state index in [1.807, 2.05) is 12.1 Å². The van der Waals surface area contributed by atoms with Gasteiger partial charge in [-0.05, 0) is 80.7 Å². The number of hydrogen-bond acceptors (Lipinski definition) is 9. The van der Waals surface area contributed by atoms with Crippen molar-refractivity contribution < 1.29 is 13.5 Å². The van der Waals surface area contributed by atoms with Crippen molar-refractivity contribution in [3.05, 3.63) is 52.6 Å². The number of aromatic nitrogens is 2. The van der Waals surface area contributed by atoms with Gasteiger partial charge in [0.15, 0.2) is 5.82 Å². The average Bonchev–Trinajstić information content (AvgIpc) is 3.53. The number of ether oxygens (including phenoxy) is 1. The van der Waals surface area contributed by atoms with Crippen molar-refractivity contribution in [1.29, 1.82) is 5.26 Å². The molecule has 242 valence electrons. The number of nitrogens with two attached hydrogens (primary N) is 1. The summed E-state index contributed by atoms with van der Waals surface area (Å²) in [7, 11) is 0. The molecule has 0 amide bonds. The van der Waals surface area contributed by atoms with Crippen LogP contribution in [-0.4, -0.2) is 64.8 Å². The number of benzene rings is 2. The van der Waals surface area contributed by atoms with Crippen LogP contribution in [0.3, 0.4) is 0 Å². The highest BCUT2D eigenvalue weighted by atomic mass is 35.5. The molecular weight excluding hydrogens is 640 g/mol. The Balaban J connectivity index is 1.19. The van der Waals surface area contributed by atoms with E-state index in [4.69, 9.17) is 32.0 Å². The summed E-state index contributed by atoms with van der Waals surface area (Å²) in [6, 6.07) is 9.82. The minimum Gasteiger partial charge on any atom is -0.461 e. The topological polar surface area (TPSA) is 103 Å². The predicted octanol–water partition coefficient (Wildman–Crippen LogP) is 6.95. The van der Waals surface area contributed by atoms with E-state index < -0.39 is 5.82 Å². The number of fused-ring (bicyclic) bond motifs is 5. The Morgan fingerprint density at radius 1 is 1.26 bits per heavy atom. The maximum atomic E-state index is 17.1. The van der Waals surface area contributed by atoms with E-state index >= 15 is 4.39 Å². The van der Waals surface area contributed by atoms with Crippen LogP contribution >= 0.6 is 22.9 Å². The maximum Gasteiger partial charge on any atom is 0.319 e. The number of nitrogens with one attached hydrogen (secondary N) is 1. The molecule has 4 saturated heterocycles. The van der Waals surface area contributed by atoms with E-state index in [2.05, 4.69) is 21.2 Å². The fourth-order valence-corrected chi connectivity index (χ4v) is 10.3. The molecule has 0 radical (unpaired) electrons. The lowest BCUT2D eigenvalue weighted by Gasteiger charge is -2.42. The molecule has 8 nitrogen and oxygen atoms in total. The average molecular weight is 674 g/mol. The van der Waals surface area contributed by atoms with Gasteiger partial charge < -0.3 is 20.7 Å². The first kappa shape index (κ1) is 29.6. The first-order valence-corrected chi connectivity index (χ1v) is 17.6. The van der Waals surface area contributed by atoms with E-state index in [1.165, 1.54) is 24.2 Å². The van der Waals surface area contributed by atoms with Gasteiger partial charge in [0.1, 0.15) is 29.0 Å². The molecule has 3 atom stereocenters. The van der Waals surface area contributed by atoms with E-state index in [-0.39, 0.29) is 39.8 Å². The first-order valence-electron chi connectivity index (χ1n) is 16.4. The number of nitriles is 1. The molecule has 5 aliphatic rings. The van der Waals surface area contributed by atoms with Crippen LogP contribution in [0.4, 0.5) is 19.6 Å². The second-order valence-electron chi connectivity index (χ2n) is 14.1. The quantitative estimate of drug-likeness (QED) is 0.227. The molecule has 3 N–H and O–H groups in total. The van der Waals surface area contributed by atoms with Crippen LogP contribution in [0.2, 0.25) is 5.02 Å². The number of piperazine rings is 1. The number of nitrogen functional groups attached to an aromatic ring is 1. The Hall–Kier alpha value is -3.56. The summed E-state index contributed by atoms with van der Waals surface area (Å²) >= 11 is 8.27. The standard InChI is InChI=1S/C35H34ClF2N7OS/c36-25-11-23-30(29(38)28(25)22-3-1-4-26-27(22)24(14-39)31(40)47-26)41-33(46-18-34-8-2-10-45(34)15-19(12-34)13-37)42-32(23)44-16-21-7-9-35(17-44,43-21)20-5-6-20/h1,3-4,11,13,20-21,43H,2,5-10,12,15-18,40H2/b19-13-/t21-,34-,35+/m0/s1. The highest BCUT2D eigenvalue weighted by molar-refractivity contribution is 7.23. The highest BCUT2D eigenvalue weighted by Gasteiger charge is 2.53.